The number of carbonyl (C=O) groups excluding carboxylic acids is 1. The van der Waals surface area contributed by atoms with Gasteiger partial charge in [0.15, 0.2) is 0 Å². The average molecular weight is 258 g/mol. The van der Waals surface area contributed by atoms with Crippen LogP contribution >= 0.6 is 0 Å². The molecule has 0 aliphatic heterocycles. The van der Waals surface area contributed by atoms with Crippen molar-refractivity contribution in [3.63, 3.8) is 0 Å². The fourth-order valence-corrected chi connectivity index (χ4v) is 1.56. The standard InChI is InChI=1S/C9H14O5S.Na.H/c1-3-8-15(11,12)14-7-5-6-13-9(10)4-2;;/h4-6H,2-3,7-8H2,1H3;;. The van der Waals surface area contributed by atoms with Crippen molar-refractivity contribution in [2.45, 2.75) is 13.3 Å². The van der Waals surface area contributed by atoms with Crippen LogP contribution in [0.1, 0.15) is 13.3 Å². The number of carbonyl (C=O) groups is 1. The molecule has 0 N–H and O–H groups in total. The van der Waals surface area contributed by atoms with E-state index in [1.54, 1.807) is 6.92 Å². The quantitative estimate of drug-likeness (QED) is 0.216. The first-order valence-electron chi connectivity index (χ1n) is 4.37. The molecular formula is C9H15NaO5S. The van der Waals surface area contributed by atoms with E-state index >= 15 is 0 Å². The summed E-state index contributed by atoms with van der Waals surface area (Å²) in [5.74, 6) is -0.629. The molecule has 0 aromatic rings. The third-order valence-corrected chi connectivity index (χ3v) is 2.65. The van der Waals surface area contributed by atoms with Gasteiger partial charge < -0.3 is 4.74 Å². The number of ether oxygens (including phenoxy) is 1. The molecule has 0 aromatic carbocycles. The van der Waals surface area contributed by atoms with Crippen molar-refractivity contribution < 1.29 is 22.1 Å². The molecule has 0 saturated heterocycles. The third kappa shape index (κ3) is 10.4. The summed E-state index contributed by atoms with van der Waals surface area (Å²) in [4.78, 5) is 10.5. The number of hydrogen-bond acceptors (Lipinski definition) is 5. The van der Waals surface area contributed by atoms with Gasteiger partial charge in [-0.3, -0.25) is 4.18 Å². The van der Waals surface area contributed by atoms with Crippen molar-refractivity contribution in [2.24, 2.45) is 0 Å². The zero-order valence-corrected chi connectivity index (χ0v) is 9.33. The molecular weight excluding hydrogens is 243 g/mol. The first-order chi connectivity index (χ1) is 7.02. The molecule has 0 amide bonds. The fourth-order valence-electron chi connectivity index (χ4n) is 0.654. The second-order valence-corrected chi connectivity index (χ2v) is 4.32. The van der Waals surface area contributed by atoms with Gasteiger partial charge in [-0.2, -0.15) is 8.42 Å². The van der Waals surface area contributed by atoms with E-state index < -0.39 is 16.1 Å². The summed E-state index contributed by atoms with van der Waals surface area (Å²) in [5, 5.41) is 0. The van der Waals surface area contributed by atoms with Gasteiger partial charge in [0, 0.05) is 6.08 Å². The first-order valence-corrected chi connectivity index (χ1v) is 5.94. The second-order valence-electron chi connectivity index (χ2n) is 2.56. The van der Waals surface area contributed by atoms with Crippen molar-refractivity contribution in [3.05, 3.63) is 25.0 Å². The number of hydrogen-bond donors (Lipinski definition) is 0. The Hall–Kier alpha value is -0.140. The van der Waals surface area contributed by atoms with Gasteiger partial charge >= 0.3 is 35.5 Å². The topological polar surface area (TPSA) is 69.7 Å². The Bertz CT molecular complexity index is 334. The second kappa shape index (κ2) is 10.0. The van der Waals surface area contributed by atoms with Crippen LogP contribution in [0.3, 0.4) is 0 Å². The Morgan fingerprint density at radius 3 is 2.56 bits per heavy atom. The van der Waals surface area contributed by atoms with Gasteiger partial charge in [-0.25, -0.2) is 4.79 Å². The minimum atomic E-state index is -3.45. The molecule has 0 aliphatic rings. The molecule has 0 aromatic heterocycles. The first kappa shape index (κ1) is 18.2. The van der Waals surface area contributed by atoms with Gasteiger partial charge in [0.2, 0.25) is 0 Å². The van der Waals surface area contributed by atoms with E-state index in [0.29, 0.717) is 6.42 Å². The van der Waals surface area contributed by atoms with Crippen LogP contribution in [0.25, 0.3) is 0 Å². The van der Waals surface area contributed by atoms with Crippen molar-refractivity contribution in [2.75, 3.05) is 12.4 Å². The van der Waals surface area contributed by atoms with E-state index in [4.69, 9.17) is 0 Å². The maximum absolute atomic E-state index is 11.0. The van der Waals surface area contributed by atoms with E-state index in [1.807, 2.05) is 0 Å². The molecule has 0 atom stereocenters. The third-order valence-electron chi connectivity index (χ3n) is 1.25. The van der Waals surface area contributed by atoms with Crippen LogP contribution in [0.2, 0.25) is 0 Å². The summed E-state index contributed by atoms with van der Waals surface area (Å²) in [5.41, 5.74) is 0. The van der Waals surface area contributed by atoms with E-state index in [2.05, 4.69) is 15.5 Å². The van der Waals surface area contributed by atoms with E-state index in [1.165, 1.54) is 6.08 Å². The predicted molar refractivity (Wildman–Crippen MR) is 62.6 cm³/mol. The monoisotopic (exact) mass is 258 g/mol. The molecule has 0 unspecified atom stereocenters. The zero-order chi connectivity index (χ0) is 11.7. The molecule has 0 rings (SSSR count). The molecule has 7 heteroatoms. The molecule has 0 spiro atoms. The summed E-state index contributed by atoms with van der Waals surface area (Å²) in [6.07, 6.45) is 3.84. The molecule has 0 saturated carbocycles. The van der Waals surface area contributed by atoms with E-state index in [9.17, 15) is 13.2 Å². The minimum absolute atomic E-state index is 0. The van der Waals surface area contributed by atoms with E-state index in [0.717, 1.165) is 12.3 Å². The molecule has 0 bridgehead atoms. The van der Waals surface area contributed by atoms with Crippen molar-refractivity contribution in [1.29, 1.82) is 0 Å². The fraction of sp³-hybridized carbons (Fsp3) is 0.444. The zero-order valence-electron chi connectivity index (χ0n) is 8.51. The van der Waals surface area contributed by atoms with Gasteiger partial charge in [-0.05, 0) is 12.5 Å². The SMILES string of the molecule is C=CC(=O)OC=CCOS(=O)(=O)CCC.[NaH]. The van der Waals surface area contributed by atoms with Crippen molar-refractivity contribution >= 4 is 45.6 Å². The molecule has 5 nitrogen and oxygen atoms in total. The molecule has 0 aliphatic carbocycles. The van der Waals surface area contributed by atoms with Crippen LogP contribution in [0.5, 0.6) is 0 Å². The Morgan fingerprint density at radius 1 is 1.44 bits per heavy atom. The molecule has 16 heavy (non-hydrogen) atoms. The van der Waals surface area contributed by atoms with Crippen LogP contribution < -0.4 is 0 Å². The van der Waals surface area contributed by atoms with Crippen LogP contribution in [0.15, 0.2) is 25.0 Å². The van der Waals surface area contributed by atoms with Crippen molar-refractivity contribution in [1.82, 2.24) is 0 Å². The Kier molecular flexibility index (Phi) is 11.4. The van der Waals surface area contributed by atoms with E-state index in [-0.39, 0.29) is 41.9 Å². The molecule has 0 fully saturated rings. The van der Waals surface area contributed by atoms with Crippen LogP contribution in [0, 0.1) is 0 Å². The number of esters is 1. The van der Waals surface area contributed by atoms with Crippen LogP contribution in [-0.2, 0) is 23.8 Å². The Labute approximate surface area is 118 Å². The number of rotatable bonds is 7. The molecule has 0 radical (unpaired) electrons. The summed E-state index contributed by atoms with van der Waals surface area (Å²) in [6.45, 7) is 4.78. The summed E-state index contributed by atoms with van der Waals surface area (Å²) >= 11 is 0. The van der Waals surface area contributed by atoms with Crippen molar-refractivity contribution in [3.8, 4) is 0 Å². The summed E-state index contributed by atoms with van der Waals surface area (Å²) in [7, 11) is -3.45. The van der Waals surface area contributed by atoms with Gasteiger partial charge in [-0.15, -0.1) is 0 Å². The Balaban J connectivity index is 0. The predicted octanol–water partition coefficient (Wildman–Crippen LogP) is 0.337. The van der Waals surface area contributed by atoms with Crippen LogP contribution in [-0.4, -0.2) is 56.3 Å². The Morgan fingerprint density at radius 2 is 2.06 bits per heavy atom. The molecule has 88 valence electrons. The summed E-state index contributed by atoms with van der Waals surface area (Å²) < 4.78 is 31.0. The normalized spacial score (nSPS) is 10.8. The van der Waals surface area contributed by atoms with Gasteiger partial charge in [0.1, 0.15) is 0 Å². The van der Waals surface area contributed by atoms with Crippen LogP contribution in [0.4, 0.5) is 0 Å². The maximum atomic E-state index is 11.0. The van der Waals surface area contributed by atoms with Gasteiger partial charge in [0.25, 0.3) is 10.1 Å². The average Bonchev–Trinajstić information content (AvgIpc) is 2.16. The van der Waals surface area contributed by atoms with Gasteiger partial charge in [-0.1, -0.05) is 13.5 Å². The molecule has 0 heterocycles. The van der Waals surface area contributed by atoms with Gasteiger partial charge in [0.05, 0.1) is 18.6 Å². The summed E-state index contributed by atoms with van der Waals surface area (Å²) in [6, 6.07) is 0.